The molecule has 1 spiro atoms. The molecule has 2 saturated carbocycles. The monoisotopic (exact) mass is 505 g/mol. The minimum Gasteiger partial charge on any atom is -0.462 e. The predicted molar refractivity (Wildman–Crippen MR) is 132 cm³/mol. The molecular weight excluding hydrogens is 460 g/mol. The first kappa shape index (κ1) is 26.1. The molecule has 0 bridgehead atoms. The third-order valence-corrected chi connectivity index (χ3v) is 10.2. The highest BCUT2D eigenvalue weighted by molar-refractivity contribution is 5.88. The number of aliphatic hydroxyl groups excluding tert-OH is 1. The lowest BCUT2D eigenvalue weighted by Gasteiger charge is -2.55. The van der Waals surface area contributed by atoms with E-state index in [1.807, 2.05) is 6.92 Å². The lowest BCUT2D eigenvalue weighted by Crippen LogP contribution is -2.95. The SMILES string of the molecule is CC=C(CCO)C(=O)O[C@@]1(C)CCC[C@@H](C2CC[NH2+]C(N)C2)[C@@]12CC1CC3CCC(=O)OC3CC1O2. The van der Waals surface area contributed by atoms with Gasteiger partial charge in [-0.25, -0.2) is 4.79 Å². The van der Waals surface area contributed by atoms with Crippen LogP contribution >= 0.6 is 0 Å². The van der Waals surface area contributed by atoms with Crippen LogP contribution in [0.1, 0.15) is 84.5 Å². The third kappa shape index (κ3) is 4.63. The van der Waals surface area contributed by atoms with E-state index in [4.69, 9.17) is 19.9 Å². The summed E-state index contributed by atoms with van der Waals surface area (Å²) in [6.45, 7) is 4.83. The van der Waals surface area contributed by atoms with Crippen LogP contribution in [-0.4, -0.2) is 59.8 Å². The van der Waals surface area contributed by atoms with Gasteiger partial charge in [-0.15, -0.1) is 0 Å². The summed E-state index contributed by atoms with van der Waals surface area (Å²) in [6, 6.07) is 0. The Morgan fingerprint density at radius 1 is 1.19 bits per heavy atom. The second kappa shape index (κ2) is 10.4. The number of carbonyl (C=O) groups is 2. The lowest BCUT2D eigenvalue weighted by atomic mass is 9.58. The second-order valence-electron chi connectivity index (χ2n) is 12.2. The fourth-order valence-corrected chi connectivity index (χ4v) is 8.39. The Balaban J connectivity index is 1.47. The quantitative estimate of drug-likeness (QED) is 0.385. The maximum absolute atomic E-state index is 13.3. The molecule has 2 aliphatic carbocycles. The summed E-state index contributed by atoms with van der Waals surface area (Å²) in [5.74, 6) is 1.04. The highest BCUT2D eigenvalue weighted by Crippen LogP contribution is 2.60. The molecule has 0 amide bonds. The Kier molecular flexibility index (Phi) is 7.52. The van der Waals surface area contributed by atoms with E-state index in [1.165, 1.54) is 0 Å². The predicted octanol–water partition coefficient (Wildman–Crippen LogP) is 1.93. The minimum absolute atomic E-state index is 0.0123. The second-order valence-corrected chi connectivity index (χ2v) is 12.2. The van der Waals surface area contributed by atoms with Gasteiger partial charge in [-0.05, 0) is 82.5 Å². The highest BCUT2D eigenvalue weighted by atomic mass is 16.6. The molecule has 5 N–H and O–H groups in total. The van der Waals surface area contributed by atoms with Crippen molar-refractivity contribution in [1.82, 2.24) is 0 Å². The molecule has 202 valence electrons. The van der Waals surface area contributed by atoms with Crippen LogP contribution in [-0.2, 0) is 23.8 Å². The maximum Gasteiger partial charge on any atom is 0.334 e. The zero-order valence-corrected chi connectivity index (χ0v) is 22.0. The van der Waals surface area contributed by atoms with Crippen molar-refractivity contribution in [2.75, 3.05) is 13.2 Å². The minimum atomic E-state index is -0.763. The van der Waals surface area contributed by atoms with Crippen LogP contribution in [0, 0.1) is 23.7 Å². The van der Waals surface area contributed by atoms with E-state index in [2.05, 4.69) is 12.2 Å². The van der Waals surface area contributed by atoms with E-state index in [9.17, 15) is 14.7 Å². The standard InChI is InChI=1S/C28H44N2O6/c1-3-17(9-12-31)26(33)36-27(2)10-4-5-21(18-8-11-30-24(29)14-18)28(27)16-20-13-19-6-7-25(32)34-22(19)15-23(20)35-28/h3,18-24,30-31H,4-16,29H2,1-2H3/p+1/t18?,19?,20?,21-,22?,23?,24?,27-,28-/m0/s1. The molecule has 8 nitrogen and oxygen atoms in total. The summed E-state index contributed by atoms with van der Waals surface area (Å²) in [5.41, 5.74) is 5.58. The van der Waals surface area contributed by atoms with Crippen molar-refractivity contribution in [3.8, 4) is 0 Å². The van der Waals surface area contributed by atoms with Gasteiger partial charge in [-0.1, -0.05) is 6.08 Å². The number of allylic oxidation sites excluding steroid dienone is 1. The lowest BCUT2D eigenvalue weighted by molar-refractivity contribution is -0.700. The molecule has 36 heavy (non-hydrogen) atoms. The zero-order valence-electron chi connectivity index (χ0n) is 22.0. The molecule has 3 aliphatic heterocycles. The third-order valence-electron chi connectivity index (χ3n) is 10.2. The van der Waals surface area contributed by atoms with Crippen molar-refractivity contribution in [2.24, 2.45) is 29.4 Å². The van der Waals surface area contributed by atoms with Gasteiger partial charge in [0, 0.05) is 37.9 Å². The molecule has 9 atom stereocenters. The van der Waals surface area contributed by atoms with Crippen molar-refractivity contribution < 1.29 is 34.2 Å². The number of ether oxygens (including phenoxy) is 3. The molecule has 5 fully saturated rings. The summed E-state index contributed by atoms with van der Waals surface area (Å²) in [4.78, 5) is 25.3. The van der Waals surface area contributed by atoms with Crippen LogP contribution < -0.4 is 11.1 Å². The molecule has 6 unspecified atom stereocenters. The van der Waals surface area contributed by atoms with Crippen molar-refractivity contribution in [1.29, 1.82) is 0 Å². The fraction of sp³-hybridized carbons (Fsp3) is 0.857. The first-order chi connectivity index (χ1) is 17.3. The number of hydrogen-bond acceptors (Lipinski definition) is 7. The van der Waals surface area contributed by atoms with Gasteiger partial charge < -0.3 is 24.6 Å². The highest BCUT2D eigenvalue weighted by Gasteiger charge is 2.66. The van der Waals surface area contributed by atoms with Crippen molar-refractivity contribution in [3.63, 3.8) is 0 Å². The van der Waals surface area contributed by atoms with Crippen LogP contribution in [0.2, 0.25) is 0 Å². The molecule has 8 heteroatoms. The summed E-state index contributed by atoms with van der Waals surface area (Å²) < 4.78 is 19.4. The van der Waals surface area contributed by atoms with E-state index in [1.54, 1.807) is 6.08 Å². The normalized spacial score (nSPS) is 45.1. The van der Waals surface area contributed by atoms with Gasteiger partial charge in [0.05, 0.1) is 12.6 Å². The molecule has 0 radical (unpaired) electrons. The van der Waals surface area contributed by atoms with Crippen LogP contribution in [0.5, 0.6) is 0 Å². The van der Waals surface area contributed by atoms with Crippen molar-refractivity contribution >= 4 is 11.9 Å². The van der Waals surface area contributed by atoms with Gasteiger partial charge in [0.15, 0.2) is 0 Å². The number of hydrogen-bond donors (Lipinski definition) is 3. The molecule has 5 rings (SSSR count). The Labute approximate surface area is 214 Å². The van der Waals surface area contributed by atoms with Crippen LogP contribution in [0.3, 0.4) is 0 Å². The number of carbonyl (C=O) groups excluding carboxylic acids is 2. The average molecular weight is 506 g/mol. The van der Waals surface area contributed by atoms with Crippen molar-refractivity contribution in [2.45, 2.75) is 114 Å². The smallest absolute Gasteiger partial charge is 0.334 e. The van der Waals surface area contributed by atoms with Crippen molar-refractivity contribution in [3.05, 3.63) is 11.6 Å². The summed E-state index contributed by atoms with van der Waals surface area (Å²) >= 11 is 0. The maximum atomic E-state index is 13.3. The largest absolute Gasteiger partial charge is 0.462 e. The molecule has 5 aliphatic rings. The molecule has 3 saturated heterocycles. The number of fused-ring (bicyclic) bond motifs is 2. The van der Waals surface area contributed by atoms with Crippen LogP contribution in [0.15, 0.2) is 11.6 Å². The van der Waals surface area contributed by atoms with E-state index in [0.717, 1.165) is 64.3 Å². The van der Waals surface area contributed by atoms with Gasteiger partial charge in [0.25, 0.3) is 0 Å². The Bertz CT molecular complexity index is 878. The summed E-state index contributed by atoms with van der Waals surface area (Å²) in [5, 5.41) is 11.7. The van der Waals surface area contributed by atoms with Gasteiger partial charge >= 0.3 is 11.9 Å². The molecular formula is C28H45N2O6+. The van der Waals surface area contributed by atoms with Gasteiger partial charge in [0.2, 0.25) is 0 Å². The van der Waals surface area contributed by atoms with Gasteiger partial charge in [-0.3, -0.25) is 10.5 Å². The number of quaternary nitrogens is 1. The number of aliphatic hydroxyl groups is 1. The molecule has 0 aromatic carbocycles. The first-order valence-electron chi connectivity index (χ1n) is 14.2. The topological polar surface area (TPSA) is 125 Å². The number of esters is 2. The molecule has 3 heterocycles. The van der Waals surface area contributed by atoms with E-state index in [0.29, 0.717) is 29.7 Å². The van der Waals surface area contributed by atoms with E-state index < -0.39 is 11.2 Å². The van der Waals surface area contributed by atoms with E-state index in [-0.39, 0.29) is 49.3 Å². The zero-order chi connectivity index (χ0) is 25.5. The Morgan fingerprint density at radius 2 is 2.03 bits per heavy atom. The summed E-state index contributed by atoms with van der Waals surface area (Å²) in [6.07, 6.45) is 11.0. The number of nitrogens with two attached hydrogens (primary N) is 2. The van der Waals surface area contributed by atoms with Crippen LogP contribution in [0.4, 0.5) is 0 Å². The summed E-state index contributed by atoms with van der Waals surface area (Å²) in [7, 11) is 0. The number of rotatable bonds is 5. The molecule has 0 aromatic heterocycles. The van der Waals surface area contributed by atoms with E-state index >= 15 is 0 Å². The Hall–Kier alpha value is -1.48. The fourth-order valence-electron chi connectivity index (χ4n) is 8.39. The van der Waals surface area contributed by atoms with Gasteiger partial charge in [-0.2, -0.15) is 0 Å². The number of piperidine rings is 1. The average Bonchev–Trinajstić information content (AvgIpc) is 3.22. The molecule has 0 aromatic rings. The van der Waals surface area contributed by atoms with Gasteiger partial charge in [0.1, 0.15) is 23.5 Å². The Morgan fingerprint density at radius 3 is 2.78 bits per heavy atom. The first-order valence-corrected chi connectivity index (χ1v) is 14.2. The van der Waals surface area contributed by atoms with Crippen LogP contribution in [0.25, 0.3) is 0 Å².